The molecule has 1 aromatic rings. The Bertz CT molecular complexity index is 342. The average Bonchev–Trinajstić information content (AvgIpc) is 2.18. The SMILES string of the molecule is OC(CNc1nc(Cl)ncc1Br)C(F)F. The quantitative estimate of drug-likeness (QED) is 0.835. The zero-order valence-corrected chi connectivity index (χ0v) is 9.63. The smallest absolute Gasteiger partial charge is 0.265 e. The van der Waals surface area contributed by atoms with Gasteiger partial charge in [-0.1, -0.05) is 0 Å². The van der Waals surface area contributed by atoms with Crippen LogP contribution < -0.4 is 5.32 Å². The van der Waals surface area contributed by atoms with Gasteiger partial charge in [-0.15, -0.1) is 0 Å². The Labute approximate surface area is 97.8 Å². The third-order valence-corrected chi connectivity index (χ3v) is 2.25. The second kappa shape index (κ2) is 5.53. The van der Waals surface area contributed by atoms with Gasteiger partial charge in [-0.05, 0) is 27.5 Å². The molecule has 0 saturated heterocycles. The fraction of sp³-hybridized carbons (Fsp3) is 0.429. The third-order valence-electron chi connectivity index (χ3n) is 1.48. The van der Waals surface area contributed by atoms with Crippen molar-refractivity contribution >= 4 is 33.3 Å². The number of halogens is 4. The van der Waals surface area contributed by atoms with E-state index in [1.807, 2.05) is 0 Å². The molecule has 0 aliphatic rings. The van der Waals surface area contributed by atoms with Gasteiger partial charge in [0.2, 0.25) is 5.28 Å². The Morgan fingerprint density at radius 1 is 1.60 bits per heavy atom. The van der Waals surface area contributed by atoms with Crippen LogP contribution in [0.4, 0.5) is 14.6 Å². The molecule has 1 rings (SSSR count). The van der Waals surface area contributed by atoms with Crippen LogP contribution in [0, 0.1) is 0 Å². The van der Waals surface area contributed by atoms with Crippen molar-refractivity contribution in [2.45, 2.75) is 12.5 Å². The number of hydrogen-bond acceptors (Lipinski definition) is 4. The van der Waals surface area contributed by atoms with Crippen LogP contribution in [0.2, 0.25) is 5.28 Å². The molecule has 8 heteroatoms. The van der Waals surface area contributed by atoms with Gasteiger partial charge < -0.3 is 10.4 Å². The van der Waals surface area contributed by atoms with Crippen LogP contribution in [0.5, 0.6) is 0 Å². The Kier molecular flexibility index (Phi) is 4.62. The first-order valence-corrected chi connectivity index (χ1v) is 5.06. The van der Waals surface area contributed by atoms with E-state index in [-0.39, 0.29) is 17.6 Å². The van der Waals surface area contributed by atoms with E-state index in [4.69, 9.17) is 16.7 Å². The van der Waals surface area contributed by atoms with Gasteiger partial charge in [0.15, 0.2) is 0 Å². The molecule has 15 heavy (non-hydrogen) atoms. The topological polar surface area (TPSA) is 58.0 Å². The van der Waals surface area contributed by atoms with Crippen LogP contribution in [0.15, 0.2) is 10.7 Å². The second-order valence-electron chi connectivity index (χ2n) is 2.62. The molecule has 1 atom stereocenters. The molecule has 84 valence electrons. The summed E-state index contributed by atoms with van der Waals surface area (Å²) in [5, 5.41) is 11.4. The van der Waals surface area contributed by atoms with Crippen LogP contribution in [0.3, 0.4) is 0 Å². The van der Waals surface area contributed by atoms with Crippen molar-refractivity contribution in [3.05, 3.63) is 16.0 Å². The molecule has 1 heterocycles. The molecule has 2 N–H and O–H groups in total. The van der Waals surface area contributed by atoms with Gasteiger partial charge in [0, 0.05) is 12.7 Å². The number of alkyl halides is 2. The lowest BCUT2D eigenvalue weighted by atomic mass is 10.3. The van der Waals surface area contributed by atoms with Crippen LogP contribution in [-0.2, 0) is 0 Å². The molecule has 0 aliphatic carbocycles. The Morgan fingerprint density at radius 2 is 2.27 bits per heavy atom. The molecule has 1 aromatic heterocycles. The van der Waals surface area contributed by atoms with E-state index in [1.165, 1.54) is 6.20 Å². The highest BCUT2D eigenvalue weighted by Crippen LogP contribution is 2.20. The maximum Gasteiger partial charge on any atom is 0.265 e. The minimum Gasteiger partial charge on any atom is -0.385 e. The molecule has 0 spiro atoms. The van der Waals surface area contributed by atoms with E-state index < -0.39 is 12.5 Å². The van der Waals surface area contributed by atoms with E-state index in [0.717, 1.165) is 0 Å². The first-order chi connectivity index (χ1) is 7.00. The van der Waals surface area contributed by atoms with E-state index in [2.05, 4.69) is 31.2 Å². The molecule has 0 radical (unpaired) electrons. The Morgan fingerprint density at radius 3 is 2.87 bits per heavy atom. The Hall–Kier alpha value is -0.530. The summed E-state index contributed by atoms with van der Waals surface area (Å²) in [5.74, 6) is 0.259. The van der Waals surface area contributed by atoms with E-state index in [1.54, 1.807) is 0 Å². The molecular formula is C7H7BrClF2N3O. The highest BCUT2D eigenvalue weighted by Gasteiger charge is 2.17. The molecule has 0 saturated carbocycles. The van der Waals surface area contributed by atoms with Crippen molar-refractivity contribution in [2.24, 2.45) is 0 Å². The van der Waals surface area contributed by atoms with Gasteiger partial charge in [0.05, 0.1) is 4.47 Å². The van der Waals surface area contributed by atoms with Crippen LogP contribution in [0.25, 0.3) is 0 Å². The third kappa shape index (κ3) is 3.84. The monoisotopic (exact) mass is 301 g/mol. The van der Waals surface area contributed by atoms with Crippen molar-refractivity contribution in [2.75, 3.05) is 11.9 Å². The molecule has 0 aromatic carbocycles. The van der Waals surface area contributed by atoms with Crippen LogP contribution >= 0.6 is 27.5 Å². The number of rotatable bonds is 4. The maximum atomic E-state index is 12.0. The van der Waals surface area contributed by atoms with Gasteiger partial charge in [-0.2, -0.15) is 4.98 Å². The minimum absolute atomic E-state index is 0.00719. The molecule has 4 nitrogen and oxygen atoms in total. The minimum atomic E-state index is -2.80. The summed E-state index contributed by atoms with van der Waals surface area (Å²) >= 11 is 8.60. The first kappa shape index (κ1) is 12.5. The number of aliphatic hydroxyl groups is 1. The summed E-state index contributed by atoms with van der Waals surface area (Å²) in [5.41, 5.74) is 0. The van der Waals surface area contributed by atoms with Crippen LogP contribution in [0.1, 0.15) is 0 Å². The van der Waals surface area contributed by atoms with Crippen LogP contribution in [-0.4, -0.2) is 34.1 Å². The lowest BCUT2D eigenvalue weighted by Gasteiger charge is -2.11. The predicted octanol–water partition coefficient (Wildman–Crippen LogP) is 1.93. The lowest BCUT2D eigenvalue weighted by Crippen LogP contribution is -2.27. The maximum absolute atomic E-state index is 12.0. The largest absolute Gasteiger partial charge is 0.385 e. The number of anilines is 1. The second-order valence-corrected chi connectivity index (χ2v) is 3.81. The number of hydrogen-bond donors (Lipinski definition) is 2. The zero-order valence-electron chi connectivity index (χ0n) is 7.29. The number of nitrogens with one attached hydrogen (secondary N) is 1. The summed E-state index contributed by atoms with van der Waals surface area (Å²) in [6.45, 7) is -0.316. The average molecular weight is 303 g/mol. The first-order valence-electron chi connectivity index (χ1n) is 3.89. The van der Waals surface area contributed by atoms with E-state index in [0.29, 0.717) is 4.47 Å². The van der Waals surface area contributed by atoms with Gasteiger partial charge >= 0.3 is 0 Å². The van der Waals surface area contributed by atoms with Crippen molar-refractivity contribution < 1.29 is 13.9 Å². The normalized spacial score (nSPS) is 12.9. The van der Waals surface area contributed by atoms with Crippen molar-refractivity contribution in [3.63, 3.8) is 0 Å². The molecule has 0 aliphatic heterocycles. The summed E-state index contributed by atoms with van der Waals surface area (Å²) < 4.78 is 24.4. The number of nitrogens with zero attached hydrogens (tertiary/aromatic N) is 2. The highest BCUT2D eigenvalue weighted by molar-refractivity contribution is 9.10. The summed E-state index contributed by atoms with van der Waals surface area (Å²) in [4.78, 5) is 7.40. The van der Waals surface area contributed by atoms with Crippen molar-refractivity contribution in [1.82, 2.24) is 9.97 Å². The molecule has 0 fully saturated rings. The number of aliphatic hydroxyl groups excluding tert-OH is 1. The lowest BCUT2D eigenvalue weighted by molar-refractivity contribution is 0.00380. The molecule has 1 unspecified atom stereocenters. The predicted molar refractivity (Wildman–Crippen MR) is 55.2 cm³/mol. The molecule has 0 amide bonds. The van der Waals surface area contributed by atoms with Gasteiger partial charge in [0.1, 0.15) is 11.9 Å². The van der Waals surface area contributed by atoms with Gasteiger partial charge in [-0.25, -0.2) is 13.8 Å². The number of aromatic nitrogens is 2. The summed E-state index contributed by atoms with van der Waals surface area (Å²) in [7, 11) is 0. The van der Waals surface area contributed by atoms with Crippen molar-refractivity contribution in [3.8, 4) is 0 Å². The zero-order chi connectivity index (χ0) is 11.4. The fourth-order valence-corrected chi connectivity index (χ4v) is 1.22. The standard InChI is InChI=1S/C7H7BrClF2N3O/c8-3-1-13-7(9)14-6(3)12-2-4(15)5(10)11/h1,4-5,15H,2H2,(H,12,13,14). The molecular weight excluding hydrogens is 295 g/mol. The van der Waals surface area contributed by atoms with Gasteiger partial charge in [0.25, 0.3) is 6.43 Å². The van der Waals surface area contributed by atoms with E-state index >= 15 is 0 Å². The molecule has 0 bridgehead atoms. The summed E-state index contributed by atoms with van der Waals surface area (Å²) in [6.07, 6.45) is -3.16. The van der Waals surface area contributed by atoms with Gasteiger partial charge in [-0.3, -0.25) is 0 Å². The Balaban J connectivity index is 2.61. The fourth-order valence-electron chi connectivity index (χ4n) is 0.760. The van der Waals surface area contributed by atoms with Crippen molar-refractivity contribution in [1.29, 1.82) is 0 Å². The van der Waals surface area contributed by atoms with E-state index in [9.17, 15) is 8.78 Å². The summed E-state index contributed by atoms with van der Waals surface area (Å²) in [6, 6.07) is 0. The highest BCUT2D eigenvalue weighted by atomic mass is 79.9.